The van der Waals surface area contributed by atoms with E-state index in [-0.39, 0.29) is 18.4 Å². The number of anilines is 1. The van der Waals surface area contributed by atoms with Gasteiger partial charge in [0.05, 0.1) is 13.1 Å². The molecule has 1 aliphatic heterocycles. The smallest absolute Gasteiger partial charge is 0.321 e. The van der Waals surface area contributed by atoms with Crippen molar-refractivity contribution in [1.82, 2.24) is 20.4 Å². The Morgan fingerprint density at radius 1 is 0.929 bits per heavy atom. The highest BCUT2D eigenvalue weighted by Gasteiger charge is 2.21. The van der Waals surface area contributed by atoms with Gasteiger partial charge in [-0.25, -0.2) is 4.79 Å². The molecule has 4 amide bonds. The normalized spacial score (nSPS) is 15.1. The molecule has 154 valence electrons. The van der Waals surface area contributed by atoms with Crippen molar-refractivity contribution < 1.29 is 14.4 Å². The number of nitrogens with zero attached hydrogens (tertiary/aromatic N) is 2. The average molecular weight is 390 g/mol. The first-order valence-electron chi connectivity index (χ1n) is 9.77. The third-order valence-electron chi connectivity index (χ3n) is 4.73. The van der Waals surface area contributed by atoms with E-state index in [4.69, 9.17) is 0 Å². The van der Waals surface area contributed by atoms with Gasteiger partial charge in [-0.15, -0.1) is 0 Å². The number of aryl methyl sites for hydroxylation is 2. The summed E-state index contributed by atoms with van der Waals surface area (Å²) in [6, 6.07) is 5.49. The van der Waals surface area contributed by atoms with Crippen molar-refractivity contribution in [1.29, 1.82) is 0 Å². The monoisotopic (exact) mass is 389 g/mol. The van der Waals surface area contributed by atoms with E-state index in [9.17, 15) is 14.4 Å². The first-order valence-corrected chi connectivity index (χ1v) is 9.77. The number of carbonyl (C=O) groups is 3. The number of carbonyl (C=O) groups excluding carboxylic acids is 3. The summed E-state index contributed by atoms with van der Waals surface area (Å²) in [5.41, 5.74) is 2.98. The van der Waals surface area contributed by atoms with Gasteiger partial charge in [-0.2, -0.15) is 0 Å². The Balaban J connectivity index is 1.71. The first-order chi connectivity index (χ1) is 13.4. The van der Waals surface area contributed by atoms with Crippen molar-refractivity contribution in [3.8, 4) is 0 Å². The number of urea groups is 1. The number of nitrogens with one attached hydrogen (secondary N) is 3. The minimum atomic E-state index is -0.450. The van der Waals surface area contributed by atoms with Crippen molar-refractivity contribution in [3.63, 3.8) is 0 Å². The molecule has 0 unspecified atom stereocenters. The molecule has 0 saturated carbocycles. The fourth-order valence-corrected chi connectivity index (χ4v) is 3.15. The maximum absolute atomic E-state index is 12.4. The summed E-state index contributed by atoms with van der Waals surface area (Å²) >= 11 is 0. The lowest BCUT2D eigenvalue weighted by atomic mass is 10.1. The molecule has 1 aromatic rings. The molecule has 1 aromatic carbocycles. The van der Waals surface area contributed by atoms with E-state index in [1.165, 1.54) is 0 Å². The molecule has 3 N–H and O–H groups in total. The second-order valence-corrected chi connectivity index (χ2v) is 7.17. The van der Waals surface area contributed by atoms with Crippen LogP contribution >= 0.6 is 0 Å². The fourth-order valence-electron chi connectivity index (χ4n) is 3.15. The maximum atomic E-state index is 12.4. The predicted molar refractivity (Wildman–Crippen MR) is 109 cm³/mol. The quantitative estimate of drug-likeness (QED) is 0.649. The van der Waals surface area contributed by atoms with Crippen molar-refractivity contribution in [3.05, 3.63) is 29.3 Å². The van der Waals surface area contributed by atoms with Gasteiger partial charge in [0.15, 0.2) is 0 Å². The molecule has 0 spiro atoms. The number of benzene rings is 1. The first kappa shape index (κ1) is 21.8. The molecule has 1 saturated heterocycles. The number of hydrogen-bond donors (Lipinski definition) is 3. The summed E-state index contributed by atoms with van der Waals surface area (Å²) in [4.78, 5) is 39.9. The highest BCUT2D eigenvalue weighted by atomic mass is 16.2. The van der Waals surface area contributed by atoms with Crippen LogP contribution in [0.2, 0.25) is 0 Å². The second-order valence-electron chi connectivity index (χ2n) is 7.17. The molecule has 1 fully saturated rings. The Bertz CT molecular complexity index is 679. The molecular weight excluding hydrogens is 358 g/mol. The third-order valence-corrected chi connectivity index (χ3v) is 4.73. The van der Waals surface area contributed by atoms with E-state index in [0.717, 1.165) is 23.2 Å². The Morgan fingerprint density at radius 3 is 2.00 bits per heavy atom. The third kappa shape index (κ3) is 6.94. The van der Waals surface area contributed by atoms with Crippen molar-refractivity contribution in [2.45, 2.75) is 27.2 Å². The summed E-state index contributed by atoms with van der Waals surface area (Å²) in [5, 5.41) is 7.95. The van der Waals surface area contributed by atoms with Crippen molar-refractivity contribution in [2.75, 3.05) is 51.1 Å². The Kier molecular flexibility index (Phi) is 8.41. The van der Waals surface area contributed by atoms with Gasteiger partial charge in [0.1, 0.15) is 0 Å². The number of imide groups is 1. The van der Waals surface area contributed by atoms with Crippen LogP contribution in [0.1, 0.15) is 24.5 Å². The number of piperazine rings is 1. The molecular formula is C20H31N5O3. The van der Waals surface area contributed by atoms with Gasteiger partial charge in [0, 0.05) is 38.4 Å². The Labute approximate surface area is 166 Å². The number of amides is 4. The zero-order valence-electron chi connectivity index (χ0n) is 17.0. The Morgan fingerprint density at radius 2 is 1.46 bits per heavy atom. The Hall–Kier alpha value is -2.45. The van der Waals surface area contributed by atoms with Gasteiger partial charge in [-0.05, 0) is 31.4 Å². The van der Waals surface area contributed by atoms with Crippen LogP contribution in [0.4, 0.5) is 10.5 Å². The largest absolute Gasteiger partial charge is 0.338 e. The molecule has 0 bridgehead atoms. The summed E-state index contributed by atoms with van der Waals surface area (Å²) in [6.45, 7) is 9.73. The van der Waals surface area contributed by atoms with Crippen LogP contribution in [0.3, 0.4) is 0 Å². The van der Waals surface area contributed by atoms with Crippen molar-refractivity contribution >= 4 is 23.5 Å². The lowest BCUT2D eigenvalue weighted by Crippen LogP contribution is -2.52. The topological polar surface area (TPSA) is 93.8 Å². The molecule has 1 aliphatic rings. The standard InChI is InChI=1S/C20H31N5O3/c1-4-8-21-20(28)23-18(27)14-25-11-9-24(10-12-25)13-17(26)22-19-15(2)6-5-7-16(19)3/h5-7H,4,8-14H2,1-3H3,(H,22,26)(H2,21,23,27,28). The van der Waals surface area contributed by atoms with E-state index < -0.39 is 6.03 Å². The zero-order valence-corrected chi connectivity index (χ0v) is 17.0. The molecule has 0 aromatic heterocycles. The molecule has 8 heteroatoms. The van der Waals surface area contributed by atoms with E-state index in [2.05, 4.69) is 20.9 Å². The van der Waals surface area contributed by atoms with E-state index in [1.54, 1.807) is 0 Å². The molecule has 0 radical (unpaired) electrons. The lowest BCUT2D eigenvalue weighted by Gasteiger charge is -2.33. The van der Waals surface area contributed by atoms with Gasteiger partial charge in [-0.1, -0.05) is 25.1 Å². The minimum absolute atomic E-state index is 0.0313. The molecule has 0 atom stereocenters. The fraction of sp³-hybridized carbons (Fsp3) is 0.550. The molecule has 1 heterocycles. The van der Waals surface area contributed by atoms with Gasteiger partial charge in [0.25, 0.3) is 0 Å². The van der Waals surface area contributed by atoms with Gasteiger partial charge >= 0.3 is 6.03 Å². The van der Waals surface area contributed by atoms with E-state index in [0.29, 0.717) is 39.3 Å². The van der Waals surface area contributed by atoms with Gasteiger partial charge in [-0.3, -0.25) is 24.7 Å². The van der Waals surface area contributed by atoms with Crippen LogP contribution in [-0.2, 0) is 9.59 Å². The second kappa shape index (κ2) is 10.8. The summed E-state index contributed by atoms with van der Waals surface area (Å²) in [6.07, 6.45) is 0.820. The van der Waals surface area contributed by atoms with Crippen LogP contribution in [-0.4, -0.2) is 73.5 Å². The molecule has 2 rings (SSSR count). The average Bonchev–Trinajstić information content (AvgIpc) is 2.64. The minimum Gasteiger partial charge on any atom is -0.338 e. The number of rotatable bonds is 7. The van der Waals surface area contributed by atoms with Gasteiger partial charge in [0.2, 0.25) is 11.8 Å². The zero-order chi connectivity index (χ0) is 20.5. The number of hydrogen-bond acceptors (Lipinski definition) is 5. The summed E-state index contributed by atoms with van der Waals surface area (Å²) < 4.78 is 0. The SMILES string of the molecule is CCCNC(=O)NC(=O)CN1CCN(CC(=O)Nc2c(C)cccc2C)CC1. The van der Waals surface area contributed by atoms with Crippen LogP contribution in [0.25, 0.3) is 0 Å². The summed E-state index contributed by atoms with van der Waals surface area (Å²) in [7, 11) is 0. The van der Waals surface area contributed by atoms with Crippen LogP contribution in [0.15, 0.2) is 18.2 Å². The highest BCUT2D eigenvalue weighted by Crippen LogP contribution is 2.19. The lowest BCUT2D eigenvalue weighted by molar-refractivity contribution is -0.122. The van der Waals surface area contributed by atoms with Gasteiger partial charge < -0.3 is 10.6 Å². The maximum Gasteiger partial charge on any atom is 0.321 e. The van der Waals surface area contributed by atoms with Crippen LogP contribution in [0.5, 0.6) is 0 Å². The van der Waals surface area contributed by atoms with E-state index >= 15 is 0 Å². The van der Waals surface area contributed by atoms with Crippen LogP contribution < -0.4 is 16.0 Å². The molecule has 28 heavy (non-hydrogen) atoms. The van der Waals surface area contributed by atoms with E-state index in [1.807, 2.05) is 43.9 Å². The predicted octanol–water partition coefficient (Wildman–Crippen LogP) is 1.10. The molecule has 8 nitrogen and oxygen atoms in total. The summed E-state index contributed by atoms with van der Waals surface area (Å²) in [5.74, 6) is -0.342. The number of para-hydroxylation sites is 1. The molecule has 0 aliphatic carbocycles. The van der Waals surface area contributed by atoms with Crippen molar-refractivity contribution in [2.24, 2.45) is 0 Å². The highest BCUT2D eigenvalue weighted by molar-refractivity contribution is 5.95. The van der Waals surface area contributed by atoms with Crippen LogP contribution in [0, 0.1) is 13.8 Å².